The molecule has 2 atom stereocenters. The Balaban J connectivity index is 1.76. The van der Waals surface area contributed by atoms with E-state index in [1.54, 1.807) is 0 Å². The van der Waals surface area contributed by atoms with Crippen LogP contribution in [0.5, 0.6) is 5.75 Å². The molecule has 0 spiro atoms. The lowest BCUT2D eigenvalue weighted by Crippen LogP contribution is -2.44. The normalized spacial score (nSPS) is 28.8. The topological polar surface area (TPSA) is 50.8 Å². The number of halogens is 1. The van der Waals surface area contributed by atoms with E-state index in [0.717, 1.165) is 28.8 Å². The molecule has 3 aliphatic rings. The van der Waals surface area contributed by atoms with Crippen molar-refractivity contribution in [2.24, 2.45) is 0 Å². The van der Waals surface area contributed by atoms with Crippen LogP contribution in [0.25, 0.3) is 0 Å². The number of carbonyl (C=O) groups excluding carboxylic acids is 1. The molecule has 1 aromatic rings. The zero-order chi connectivity index (χ0) is 13.7. The third kappa shape index (κ3) is 1.86. The van der Waals surface area contributed by atoms with Crippen molar-refractivity contribution in [1.29, 1.82) is 0 Å². The maximum Gasteiger partial charge on any atom is 0.241 e. The van der Waals surface area contributed by atoms with E-state index in [1.165, 1.54) is 5.56 Å². The van der Waals surface area contributed by atoms with E-state index in [0.29, 0.717) is 19.8 Å². The van der Waals surface area contributed by atoms with E-state index in [4.69, 9.17) is 9.47 Å². The summed E-state index contributed by atoms with van der Waals surface area (Å²) in [5.74, 6) is 0.979. The first-order valence-corrected chi connectivity index (χ1v) is 7.62. The molecule has 1 amide bonds. The smallest absolute Gasteiger partial charge is 0.241 e. The SMILES string of the molecule is O=C1N[C@H](c2cc(Br)cc3c2OCC3)N2CCOC[C@H]12. The van der Waals surface area contributed by atoms with Gasteiger partial charge in [0.1, 0.15) is 18.0 Å². The second-order valence-electron chi connectivity index (χ2n) is 5.32. The van der Waals surface area contributed by atoms with Gasteiger partial charge in [0, 0.05) is 23.0 Å². The molecule has 20 heavy (non-hydrogen) atoms. The molecule has 0 aromatic heterocycles. The Labute approximate surface area is 125 Å². The fourth-order valence-electron chi connectivity index (χ4n) is 3.22. The Morgan fingerprint density at radius 2 is 2.25 bits per heavy atom. The van der Waals surface area contributed by atoms with Gasteiger partial charge < -0.3 is 14.8 Å². The Kier molecular flexibility index (Phi) is 2.98. The van der Waals surface area contributed by atoms with Crippen molar-refractivity contribution in [3.8, 4) is 5.75 Å². The van der Waals surface area contributed by atoms with Crippen molar-refractivity contribution in [1.82, 2.24) is 10.2 Å². The van der Waals surface area contributed by atoms with Crippen LogP contribution >= 0.6 is 15.9 Å². The number of nitrogens with zero attached hydrogens (tertiary/aromatic N) is 1. The van der Waals surface area contributed by atoms with E-state index >= 15 is 0 Å². The number of hydrogen-bond donors (Lipinski definition) is 1. The average molecular weight is 339 g/mol. The van der Waals surface area contributed by atoms with E-state index in [2.05, 4.69) is 32.2 Å². The number of amides is 1. The number of rotatable bonds is 1. The number of hydrogen-bond acceptors (Lipinski definition) is 4. The van der Waals surface area contributed by atoms with E-state index in [1.807, 2.05) is 6.07 Å². The molecule has 3 aliphatic heterocycles. The van der Waals surface area contributed by atoms with Gasteiger partial charge in [-0.25, -0.2) is 0 Å². The largest absolute Gasteiger partial charge is 0.493 e. The van der Waals surface area contributed by atoms with Gasteiger partial charge in [0.2, 0.25) is 5.91 Å². The number of morpholine rings is 1. The first-order chi connectivity index (χ1) is 9.74. The Hall–Kier alpha value is -1.11. The Morgan fingerprint density at radius 3 is 3.15 bits per heavy atom. The quantitative estimate of drug-likeness (QED) is 0.836. The highest BCUT2D eigenvalue weighted by Crippen LogP contribution is 2.40. The van der Waals surface area contributed by atoms with E-state index < -0.39 is 0 Å². The van der Waals surface area contributed by atoms with Gasteiger partial charge in [-0.15, -0.1) is 0 Å². The van der Waals surface area contributed by atoms with Gasteiger partial charge in [-0.05, 0) is 17.7 Å². The first-order valence-electron chi connectivity index (χ1n) is 6.83. The number of ether oxygens (including phenoxy) is 2. The van der Waals surface area contributed by atoms with Crippen LogP contribution in [0.15, 0.2) is 16.6 Å². The Morgan fingerprint density at radius 1 is 1.35 bits per heavy atom. The molecule has 5 nitrogen and oxygen atoms in total. The van der Waals surface area contributed by atoms with Crippen LogP contribution in [0.4, 0.5) is 0 Å². The van der Waals surface area contributed by atoms with Gasteiger partial charge in [-0.2, -0.15) is 0 Å². The number of benzene rings is 1. The van der Waals surface area contributed by atoms with Crippen LogP contribution in [-0.4, -0.2) is 43.2 Å². The second kappa shape index (κ2) is 4.72. The van der Waals surface area contributed by atoms with Gasteiger partial charge in [-0.3, -0.25) is 9.69 Å². The summed E-state index contributed by atoms with van der Waals surface area (Å²) in [7, 11) is 0. The average Bonchev–Trinajstić information content (AvgIpc) is 3.03. The minimum Gasteiger partial charge on any atom is -0.493 e. The minimum absolute atomic E-state index is 0.0430. The molecule has 106 valence electrons. The fraction of sp³-hybridized carbons (Fsp3) is 0.500. The lowest BCUT2D eigenvalue weighted by molar-refractivity contribution is -0.125. The summed E-state index contributed by atoms with van der Waals surface area (Å²) in [4.78, 5) is 14.3. The number of fused-ring (bicyclic) bond motifs is 2. The summed E-state index contributed by atoms with van der Waals surface area (Å²) in [5.41, 5.74) is 2.25. The maximum absolute atomic E-state index is 12.1. The second-order valence-corrected chi connectivity index (χ2v) is 6.24. The van der Waals surface area contributed by atoms with Gasteiger partial charge in [0.05, 0.1) is 19.8 Å². The van der Waals surface area contributed by atoms with Gasteiger partial charge >= 0.3 is 0 Å². The van der Waals surface area contributed by atoms with Crippen LogP contribution in [0.2, 0.25) is 0 Å². The van der Waals surface area contributed by atoms with E-state index in [9.17, 15) is 4.79 Å². The minimum atomic E-state index is -0.176. The van der Waals surface area contributed by atoms with Crippen LogP contribution in [-0.2, 0) is 16.0 Å². The molecule has 0 saturated carbocycles. The number of carbonyl (C=O) groups is 1. The third-order valence-electron chi connectivity index (χ3n) is 4.15. The van der Waals surface area contributed by atoms with Crippen LogP contribution in [0, 0.1) is 0 Å². The highest BCUT2D eigenvalue weighted by molar-refractivity contribution is 9.10. The predicted octanol–water partition coefficient (Wildman–Crippen LogP) is 1.21. The van der Waals surface area contributed by atoms with Crippen molar-refractivity contribution in [3.05, 3.63) is 27.7 Å². The van der Waals surface area contributed by atoms with Crippen molar-refractivity contribution in [2.45, 2.75) is 18.6 Å². The molecule has 2 saturated heterocycles. The summed E-state index contributed by atoms with van der Waals surface area (Å²) in [6.45, 7) is 2.61. The summed E-state index contributed by atoms with van der Waals surface area (Å²) < 4.78 is 12.2. The van der Waals surface area contributed by atoms with E-state index in [-0.39, 0.29) is 18.1 Å². The molecule has 0 aliphatic carbocycles. The molecular formula is C14H15BrN2O3. The lowest BCUT2D eigenvalue weighted by Gasteiger charge is -2.32. The molecule has 0 unspecified atom stereocenters. The van der Waals surface area contributed by atoms with Crippen molar-refractivity contribution in [2.75, 3.05) is 26.4 Å². The highest BCUT2D eigenvalue weighted by atomic mass is 79.9. The van der Waals surface area contributed by atoms with Gasteiger partial charge in [0.15, 0.2) is 0 Å². The lowest BCUT2D eigenvalue weighted by atomic mass is 10.1. The Bertz CT molecular complexity index is 578. The van der Waals surface area contributed by atoms with Gasteiger partial charge in [-0.1, -0.05) is 15.9 Å². The standard InChI is InChI=1S/C14H15BrN2O3/c15-9-5-8-1-3-20-12(8)10(6-9)13-16-14(18)11-7-19-4-2-17(11)13/h5-6,11,13H,1-4,7H2,(H,16,18)/t11-,13+/m1/s1. The van der Waals surface area contributed by atoms with Crippen molar-refractivity contribution in [3.63, 3.8) is 0 Å². The van der Waals surface area contributed by atoms with Crippen molar-refractivity contribution >= 4 is 21.8 Å². The molecule has 1 N–H and O–H groups in total. The van der Waals surface area contributed by atoms with Crippen LogP contribution in [0.1, 0.15) is 17.3 Å². The summed E-state index contributed by atoms with van der Waals surface area (Å²) in [5, 5.41) is 3.08. The van der Waals surface area contributed by atoms with Crippen LogP contribution in [0.3, 0.4) is 0 Å². The van der Waals surface area contributed by atoms with Gasteiger partial charge in [0.25, 0.3) is 0 Å². The molecule has 1 aromatic carbocycles. The molecule has 2 fully saturated rings. The monoisotopic (exact) mass is 338 g/mol. The van der Waals surface area contributed by atoms with Crippen LogP contribution < -0.4 is 10.1 Å². The first kappa shape index (κ1) is 12.6. The maximum atomic E-state index is 12.1. The highest BCUT2D eigenvalue weighted by Gasteiger charge is 2.43. The molecule has 4 rings (SSSR count). The number of nitrogens with one attached hydrogen (secondary N) is 1. The third-order valence-corrected chi connectivity index (χ3v) is 4.61. The summed E-state index contributed by atoms with van der Waals surface area (Å²) in [6.07, 6.45) is 0.815. The summed E-state index contributed by atoms with van der Waals surface area (Å²) >= 11 is 3.55. The predicted molar refractivity (Wildman–Crippen MR) is 75.5 cm³/mol. The molecule has 0 bridgehead atoms. The summed E-state index contributed by atoms with van der Waals surface area (Å²) in [6, 6.07) is 3.97. The zero-order valence-corrected chi connectivity index (χ0v) is 12.5. The molecular weight excluding hydrogens is 324 g/mol. The zero-order valence-electron chi connectivity index (χ0n) is 10.9. The molecule has 0 radical (unpaired) electrons. The fourth-order valence-corrected chi connectivity index (χ4v) is 3.75. The molecule has 3 heterocycles. The van der Waals surface area contributed by atoms with Crippen molar-refractivity contribution < 1.29 is 14.3 Å². The molecule has 6 heteroatoms.